The smallest absolute Gasteiger partial charge is 0.00261 e. The zero-order chi connectivity index (χ0) is 34.4. The van der Waals surface area contributed by atoms with Crippen LogP contribution >= 0.6 is 0 Å². The summed E-state index contributed by atoms with van der Waals surface area (Å²) in [6.45, 7) is 0. The number of hydrogen-bond acceptors (Lipinski definition) is 0. The third kappa shape index (κ3) is 5.08. The van der Waals surface area contributed by atoms with Crippen molar-refractivity contribution in [2.45, 2.75) is 0 Å². The number of hydrogen-bond donors (Lipinski definition) is 0. The Labute approximate surface area is 303 Å². The first-order valence-electron chi connectivity index (χ1n) is 18.0. The quantitative estimate of drug-likeness (QED) is 0.161. The Morgan fingerprint density at radius 3 is 1.38 bits per heavy atom. The van der Waals surface area contributed by atoms with Crippen LogP contribution in [0.5, 0.6) is 0 Å². The van der Waals surface area contributed by atoms with E-state index in [1.807, 2.05) is 0 Å². The molecule has 10 aromatic rings. The van der Waals surface area contributed by atoms with Crippen LogP contribution < -0.4 is 0 Å². The average molecular weight is 659 g/mol. The highest BCUT2D eigenvalue weighted by Crippen LogP contribution is 2.46. The van der Waals surface area contributed by atoms with Crippen molar-refractivity contribution in [3.05, 3.63) is 206 Å². The van der Waals surface area contributed by atoms with Crippen LogP contribution in [-0.2, 0) is 0 Å². The van der Waals surface area contributed by atoms with Gasteiger partial charge in [-0.25, -0.2) is 0 Å². The lowest BCUT2D eigenvalue weighted by Gasteiger charge is -2.19. The lowest BCUT2D eigenvalue weighted by molar-refractivity contribution is 1.58. The fraction of sp³-hybridized carbons (Fsp3) is 0. The normalized spacial score (nSPS) is 11.5. The largest absolute Gasteiger partial charge is 0.0622 e. The topological polar surface area (TPSA) is 0 Å². The molecule has 0 atom stereocenters. The molecule has 0 spiro atoms. The van der Waals surface area contributed by atoms with Gasteiger partial charge in [-0.3, -0.25) is 0 Å². The van der Waals surface area contributed by atoms with Crippen molar-refractivity contribution in [1.82, 2.24) is 0 Å². The molecule has 0 N–H and O–H groups in total. The summed E-state index contributed by atoms with van der Waals surface area (Å²) in [7, 11) is 0. The molecule has 0 heteroatoms. The molecule has 0 fully saturated rings. The van der Waals surface area contributed by atoms with E-state index in [2.05, 4.69) is 206 Å². The molecule has 0 saturated carbocycles. The zero-order valence-corrected chi connectivity index (χ0v) is 28.6. The van der Waals surface area contributed by atoms with E-state index >= 15 is 0 Å². The molecule has 0 nitrogen and oxygen atoms in total. The van der Waals surface area contributed by atoms with E-state index < -0.39 is 0 Å². The third-order valence-corrected chi connectivity index (χ3v) is 10.6. The summed E-state index contributed by atoms with van der Waals surface area (Å²) >= 11 is 0. The lowest BCUT2D eigenvalue weighted by atomic mass is 9.84. The molecule has 242 valence electrons. The molecule has 52 heavy (non-hydrogen) atoms. The molecule has 10 aromatic carbocycles. The van der Waals surface area contributed by atoms with Gasteiger partial charge >= 0.3 is 0 Å². The van der Waals surface area contributed by atoms with Gasteiger partial charge in [-0.1, -0.05) is 188 Å². The molecule has 0 aromatic heterocycles. The monoisotopic (exact) mass is 658 g/mol. The summed E-state index contributed by atoms with van der Waals surface area (Å²) in [6, 6.07) is 75.6. The molecule has 10 rings (SSSR count). The first-order valence-corrected chi connectivity index (χ1v) is 18.0. The fourth-order valence-electron chi connectivity index (χ4n) is 8.23. The van der Waals surface area contributed by atoms with Crippen LogP contribution in [0, 0.1) is 0 Å². The zero-order valence-electron chi connectivity index (χ0n) is 28.6. The molecule has 0 aliphatic carbocycles. The van der Waals surface area contributed by atoms with Crippen LogP contribution in [0.2, 0.25) is 0 Å². The molecule has 0 aliphatic heterocycles. The highest BCUT2D eigenvalue weighted by Gasteiger charge is 2.19. The number of fused-ring (bicyclic) bond motifs is 4. The molecular weight excluding hydrogens is 625 g/mol. The van der Waals surface area contributed by atoms with E-state index in [4.69, 9.17) is 0 Å². The van der Waals surface area contributed by atoms with E-state index in [-0.39, 0.29) is 0 Å². The molecule has 0 heterocycles. The predicted octanol–water partition coefficient (Wildman–Crippen LogP) is 14.6. The lowest BCUT2D eigenvalue weighted by Crippen LogP contribution is -1.93. The van der Waals surface area contributed by atoms with Crippen molar-refractivity contribution >= 4 is 43.1 Å². The van der Waals surface area contributed by atoms with Crippen LogP contribution in [0.25, 0.3) is 98.7 Å². The molecule has 0 bridgehead atoms. The van der Waals surface area contributed by atoms with Gasteiger partial charge in [0.1, 0.15) is 0 Å². The summed E-state index contributed by atoms with van der Waals surface area (Å²) in [5.41, 5.74) is 12.3. The summed E-state index contributed by atoms with van der Waals surface area (Å²) in [5, 5.41) is 10.1. The van der Waals surface area contributed by atoms with Gasteiger partial charge in [0.2, 0.25) is 0 Å². The van der Waals surface area contributed by atoms with Crippen LogP contribution in [0.1, 0.15) is 0 Å². The van der Waals surface area contributed by atoms with Crippen molar-refractivity contribution in [1.29, 1.82) is 0 Å². The Hall–Kier alpha value is -6.76. The van der Waals surface area contributed by atoms with Gasteiger partial charge in [-0.2, -0.15) is 0 Å². The summed E-state index contributed by atoms with van der Waals surface area (Å²) in [5.74, 6) is 0. The molecule has 0 unspecified atom stereocenters. The fourth-order valence-corrected chi connectivity index (χ4v) is 8.23. The maximum Gasteiger partial charge on any atom is -0.00261 e. The SMILES string of the molecule is c1ccc(-c2c3ccccc3c(-c3ccc(-c4ccc5ccccc5c4)c(-c4cccc(-c5cccc6ccccc56)c4)c3)c3ccccc23)cc1. The van der Waals surface area contributed by atoms with Gasteiger partial charge in [0.05, 0.1) is 0 Å². The van der Waals surface area contributed by atoms with E-state index in [0.717, 1.165) is 0 Å². The van der Waals surface area contributed by atoms with Crippen molar-refractivity contribution in [2.24, 2.45) is 0 Å². The van der Waals surface area contributed by atoms with Crippen LogP contribution in [0.3, 0.4) is 0 Å². The summed E-state index contributed by atoms with van der Waals surface area (Å²) < 4.78 is 0. The Balaban J connectivity index is 1.25. The molecular formula is C52H34. The second-order valence-electron chi connectivity index (χ2n) is 13.6. The first-order chi connectivity index (χ1) is 25.8. The highest BCUT2D eigenvalue weighted by atomic mass is 14.2. The maximum absolute atomic E-state index is 2.43. The Bertz CT molecular complexity index is 2890. The number of benzene rings is 10. The van der Waals surface area contributed by atoms with Gasteiger partial charge in [0.25, 0.3) is 0 Å². The van der Waals surface area contributed by atoms with Gasteiger partial charge in [-0.15, -0.1) is 0 Å². The third-order valence-electron chi connectivity index (χ3n) is 10.6. The van der Waals surface area contributed by atoms with E-state index in [0.29, 0.717) is 0 Å². The molecule has 0 amide bonds. The first kappa shape index (κ1) is 30.1. The molecule has 0 aliphatic rings. The van der Waals surface area contributed by atoms with Crippen LogP contribution in [-0.4, -0.2) is 0 Å². The molecule has 0 radical (unpaired) electrons. The minimum absolute atomic E-state index is 1.20. The summed E-state index contributed by atoms with van der Waals surface area (Å²) in [4.78, 5) is 0. The predicted molar refractivity (Wildman–Crippen MR) is 224 cm³/mol. The molecule has 0 saturated heterocycles. The Morgan fingerprint density at radius 1 is 0.192 bits per heavy atom. The van der Waals surface area contributed by atoms with Crippen molar-refractivity contribution in [2.75, 3.05) is 0 Å². The minimum Gasteiger partial charge on any atom is -0.0622 e. The van der Waals surface area contributed by atoms with Gasteiger partial charge < -0.3 is 0 Å². The van der Waals surface area contributed by atoms with Gasteiger partial charge in [0.15, 0.2) is 0 Å². The number of rotatable bonds is 5. The second kappa shape index (κ2) is 12.5. The highest BCUT2D eigenvalue weighted by molar-refractivity contribution is 6.21. The maximum atomic E-state index is 2.43. The Kier molecular flexibility index (Phi) is 7.25. The van der Waals surface area contributed by atoms with Gasteiger partial charge in [-0.05, 0) is 117 Å². The second-order valence-corrected chi connectivity index (χ2v) is 13.6. The van der Waals surface area contributed by atoms with Crippen molar-refractivity contribution in [3.63, 3.8) is 0 Å². The average Bonchev–Trinajstić information content (AvgIpc) is 3.22. The van der Waals surface area contributed by atoms with Crippen LogP contribution in [0.4, 0.5) is 0 Å². The van der Waals surface area contributed by atoms with Crippen molar-refractivity contribution in [3.8, 4) is 55.6 Å². The standard InChI is InChI=1S/C52H34/c1-2-16-37(17-3-1)51-46-23-8-10-25-48(46)52(49-26-11-9-24-47(49)51)42-30-31-45(41-29-28-35-14-4-5-18-38(35)32-41)50(34-42)40-21-12-20-39(33-40)44-27-13-19-36-15-6-7-22-43(36)44/h1-34H. The van der Waals surface area contributed by atoms with Crippen molar-refractivity contribution < 1.29 is 0 Å². The van der Waals surface area contributed by atoms with E-state index in [1.165, 1.54) is 98.7 Å². The van der Waals surface area contributed by atoms with E-state index in [9.17, 15) is 0 Å². The van der Waals surface area contributed by atoms with Gasteiger partial charge in [0, 0.05) is 0 Å². The summed E-state index contributed by atoms with van der Waals surface area (Å²) in [6.07, 6.45) is 0. The van der Waals surface area contributed by atoms with Crippen LogP contribution in [0.15, 0.2) is 206 Å². The minimum atomic E-state index is 1.20. The van der Waals surface area contributed by atoms with E-state index in [1.54, 1.807) is 0 Å². The Morgan fingerprint density at radius 2 is 0.673 bits per heavy atom.